The summed E-state index contributed by atoms with van der Waals surface area (Å²) in [5.41, 5.74) is 0.806. The monoisotopic (exact) mass is 295 g/mol. The van der Waals surface area contributed by atoms with Crippen LogP contribution in [-0.2, 0) is 0 Å². The molecule has 1 heterocycles. The van der Waals surface area contributed by atoms with E-state index in [1.807, 2.05) is 0 Å². The Labute approximate surface area is 118 Å². The van der Waals surface area contributed by atoms with Gasteiger partial charge in [-0.15, -0.1) is 0 Å². The number of nitro benzene ring substituents is 1. The molecule has 104 valence electrons. The molecule has 0 bridgehead atoms. The molecule has 2 aromatic rings. The van der Waals surface area contributed by atoms with Crippen molar-refractivity contribution in [2.24, 2.45) is 0 Å². The van der Waals surface area contributed by atoms with Crippen LogP contribution >= 0.6 is 11.6 Å². The van der Waals surface area contributed by atoms with Gasteiger partial charge >= 0.3 is 0 Å². The van der Waals surface area contributed by atoms with Gasteiger partial charge in [0.2, 0.25) is 5.88 Å². The fraction of sp³-hybridized carbons (Fsp3) is 0.167. The van der Waals surface area contributed by atoms with E-state index in [1.54, 1.807) is 13.8 Å². The molecule has 2 rings (SSSR count). The van der Waals surface area contributed by atoms with Gasteiger partial charge in [-0.1, -0.05) is 16.8 Å². The Hall–Kier alpha value is -2.41. The van der Waals surface area contributed by atoms with Crippen LogP contribution < -0.4 is 5.32 Å². The molecule has 1 N–H and O–H groups in total. The van der Waals surface area contributed by atoms with Crippen molar-refractivity contribution in [2.45, 2.75) is 13.8 Å². The summed E-state index contributed by atoms with van der Waals surface area (Å²) in [6.07, 6.45) is 0. The number of aromatic nitrogens is 1. The third-order valence-electron chi connectivity index (χ3n) is 2.78. The lowest BCUT2D eigenvalue weighted by Gasteiger charge is -2.04. The summed E-state index contributed by atoms with van der Waals surface area (Å²) in [6.45, 7) is 3.43. The second kappa shape index (κ2) is 5.30. The molecule has 0 aliphatic carbocycles. The molecule has 0 saturated carbocycles. The Morgan fingerprint density at radius 1 is 1.45 bits per heavy atom. The molecule has 0 unspecified atom stereocenters. The average Bonchev–Trinajstić information content (AvgIpc) is 2.70. The summed E-state index contributed by atoms with van der Waals surface area (Å²) in [5.74, 6) is -0.528. The number of carbonyl (C=O) groups excluding carboxylic acids is 1. The van der Waals surface area contributed by atoms with Gasteiger partial charge in [-0.05, 0) is 26.0 Å². The SMILES string of the molecule is Cc1noc(NC(=O)c2cc(Cl)ccc2[N+](=O)[O-])c1C. The summed E-state index contributed by atoms with van der Waals surface area (Å²) in [4.78, 5) is 22.3. The maximum absolute atomic E-state index is 12.1. The number of nitrogens with one attached hydrogen (secondary N) is 1. The molecule has 1 amide bonds. The van der Waals surface area contributed by atoms with E-state index in [-0.39, 0.29) is 22.2 Å². The van der Waals surface area contributed by atoms with Gasteiger partial charge in [-0.3, -0.25) is 20.2 Å². The minimum absolute atomic E-state index is 0.143. The average molecular weight is 296 g/mol. The maximum atomic E-state index is 12.1. The van der Waals surface area contributed by atoms with E-state index in [0.717, 1.165) is 0 Å². The quantitative estimate of drug-likeness (QED) is 0.693. The van der Waals surface area contributed by atoms with E-state index < -0.39 is 10.8 Å². The van der Waals surface area contributed by atoms with Gasteiger partial charge < -0.3 is 4.52 Å². The van der Waals surface area contributed by atoms with Gasteiger partial charge in [0.1, 0.15) is 5.56 Å². The molecule has 8 heteroatoms. The molecule has 20 heavy (non-hydrogen) atoms. The van der Waals surface area contributed by atoms with Gasteiger partial charge in [-0.2, -0.15) is 0 Å². The zero-order valence-electron chi connectivity index (χ0n) is 10.6. The van der Waals surface area contributed by atoms with Crippen molar-refractivity contribution in [2.75, 3.05) is 5.32 Å². The molecule has 0 spiro atoms. The number of halogens is 1. The van der Waals surface area contributed by atoms with Crippen LogP contribution in [0.2, 0.25) is 5.02 Å². The van der Waals surface area contributed by atoms with Gasteiger partial charge in [0.25, 0.3) is 11.6 Å². The lowest BCUT2D eigenvalue weighted by atomic mass is 10.1. The minimum atomic E-state index is -0.682. The molecule has 0 fully saturated rings. The number of amides is 1. The van der Waals surface area contributed by atoms with Crippen LogP contribution in [0.5, 0.6) is 0 Å². The first kappa shape index (κ1) is 14.0. The number of rotatable bonds is 3. The molecule has 7 nitrogen and oxygen atoms in total. The first-order valence-electron chi connectivity index (χ1n) is 5.58. The summed E-state index contributed by atoms with van der Waals surface area (Å²) in [6, 6.07) is 3.75. The van der Waals surface area contributed by atoms with E-state index in [4.69, 9.17) is 16.1 Å². The zero-order chi connectivity index (χ0) is 14.9. The van der Waals surface area contributed by atoms with Gasteiger partial charge in [0.05, 0.1) is 10.6 Å². The van der Waals surface area contributed by atoms with Crippen molar-refractivity contribution in [3.63, 3.8) is 0 Å². The molecule has 0 aliphatic heterocycles. The number of benzene rings is 1. The summed E-state index contributed by atoms with van der Waals surface area (Å²) < 4.78 is 4.93. The predicted octanol–water partition coefficient (Wildman–Crippen LogP) is 3.11. The van der Waals surface area contributed by atoms with E-state index in [2.05, 4.69) is 10.5 Å². The first-order valence-corrected chi connectivity index (χ1v) is 5.96. The number of nitro groups is 1. The van der Waals surface area contributed by atoms with Crippen molar-refractivity contribution in [1.29, 1.82) is 0 Å². The van der Waals surface area contributed by atoms with Crippen LogP contribution in [0.3, 0.4) is 0 Å². The summed E-state index contributed by atoms with van der Waals surface area (Å²) in [5, 5.41) is 17.3. The van der Waals surface area contributed by atoms with Crippen LogP contribution in [-0.4, -0.2) is 16.0 Å². The highest BCUT2D eigenvalue weighted by molar-refractivity contribution is 6.31. The number of carbonyl (C=O) groups is 1. The highest BCUT2D eigenvalue weighted by Gasteiger charge is 2.22. The molecule has 0 radical (unpaired) electrons. The largest absolute Gasteiger partial charge is 0.338 e. The van der Waals surface area contributed by atoms with Crippen molar-refractivity contribution in [3.05, 3.63) is 50.2 Å². The number of hydrogen-bond donors (Lipinski definition) is 1. The van der Waals surface area contributed by atoms with Gasteiger partial charge in [0, 0.05) is 16.7 Å². The minimum Gasteiger partial charge on any atom is -0.338 e. The maximum Gasteiger partial charge on any atom is 0.282 e. The first-order chi connectivity index (χ1) is 9.40. The van der Waals surface area contributed by atoms with Crippen LogP contribution in [0.1, 0.15) is 21.6 Å². The van der Waals surface area contributed by atoms with Gasteiger partial charge in [-0.25, -0.2) is 0 Å². The smallest absolute Gasteiger partial charge is 0.282 e. The normalized spacial score (nSPS) is 10.3. The van der Waals surface area contributed by atoms with E-state index in [0.29, 0.717) is 11.3 Å². The third kappa shape index (κ3) is 2.62. The predicted molar refractivity (Wildman–Crippen MR) is 72.0 cm³/mol. The Balaban J connectivity index is 2.36. The van der Waals surface area contributed by atoms with Crippen LogP contribution in [0.25, 0.3) is 0 Å². The van der Waals surface area contributed by atoms with Crippen LogP contribution in [0.4, 0.5) is 11.6 Å². The standard InChI is InChI=1S/C12H10ClN3O4/c1-6-7(2)15-20-12(6)14-11(17)9-5-8(13)3-4-10(9)16(18)19/h3-5H,1-2H3,(H,14,17). The van der Waals surface area contributed by atoms with Crippen molar-refractivity contribution in [3.8, 4) is 0 Å². The molecule has 0 aliphatic rings. The van der Waals surface area contributed by atoms with Crippen LogP contribution in [0.15, 0.2) is 22.7 Å². The summed E-state index contributed by atoms with van der Waals surface area (Å²) >= 11 is 5.77. The summed E-state index contributed by atoms with van der Waals surface area (Å²) in [7, 11) is 0. The Morgan fingerprint density at radius 3 is 2.70 bits per heavy atom. The highest BCUT2D eigenvalue weighted by Crippen LogP contribution is 2.25. The number of hydrogen-bond acceptors (Lipinski definition) is 5. The molecule has 1 aromatic heterocycles. The number of aryl methyl sites for hydroxylation is 1. The number of anilines is 1. The Morgan fingerprint density at radius 2 is 2.15 bits per heavy atom. The van der Waals surface area contributed by atoms with Crippen molar-refractivity contribution >= 4 is 29.1 Å². The van der Waals surface area contributed by atoms with E-state index in [1.165, 1.54) is 18.2 Å². The molecule has 1 aromatic carbocycles. The molecule has 0 atom stereocenters. The molecule has 0 saturated heterocycles. The molecular formula is C12H10ClN3O4. The number of nitrogens with zero attached hydrogens (tertiary/aromatic N) is 2. The fourth-order valence-corrected chi connectivity index (χ4v) is 1.72. The van der Waals surface area contributed by atoms with Crippen LogP contribution in [0, 0.1) is 24.0 Å². The van der Waals surface area contributed by atoms with Gasteiger partial charge in [0.15, 0.2) is 0 Å². The lowest BCUT2D eigenvalue weighted by Crippen LogP contribution is -2.14. The highest BCUT2D eigenvalue weighted by atomic mass is 35.5. The van der Waals surface area contributed by atoms with E-state index in [9.17, 15) is 14.9 Å². The molecular weight excluding hydrogens is 286 g/mol. The Bertz CT molecular complexity index is 696. The third-order valence-corrected chi connectivity index (χ3v) is 3.02. The van der Waals surface area contributed by atoms with Crippen molar-refractivity contribution < 1.29 is 14.2 Å². The van der Waals surface area contributed by atoms with E-state index >= 15 is 0 Å². The second-order valence-electron chi connectivity index (χ2n) is 4.09. The second-order valence-corrected chi connectivity index (χ2v) is 4.53. The fourth-order valence-electron chi connectivity index (χ4n) is 1.55. The lowest BCUT2D eigenvalue weighted by molar-refractivity contribution is -0.385. The zero-order valence-corrected chi connectivity index (χ0v) is 11.4. The van der Waals surface area contributed by atoms with Crippen molar-refractivity contribution in [1.82, 2.24) is 5.16 Å². The topological polar surface area (TPSA) is 98.3 Å². The Kier molecular flexibility index (Phi) is 3.71.